The Kier molecular flexibility index (Phi) is 4.65. The number of carbonyl (C=O) groups excluding carboxylic acids is 2. The second-order valence-electron chi connectivity index (χ2n) is 6.09. The van der Waals surface area contributed by atoms with Gasteiger partial charge < -0.3 is 9.64 Å². The molecule has 0 radical (unpaired) electrons. The van der Waals surface area contributed by atoms with E-state index < -0.39 is 5.97 Å². The number of hydrogen-bond donors (Lipinski definition) is 0. The molecule has 0 spiro atoms. The van der Waals surface area contributed by atoms with Crippen molar-refractivity contribution in [3.05, 3.63) is 70.8 Å². The highest BCUT2D eigenvalue weighted by atomic mass is 16.5. The van der Waals surface area contributed by atoms with Crippen LogP contribution in [-0.2, 0) is 11.2 Å². The van der Waals surface area contributed by atoms with E-state index in [9.17, 15) is 9.59 Å². The predicted octanol–water partition coefficient (Wildman–Crippen LogP) is 3.62. The van der Waals surface area contributed by atoms with Crippen LogP contribution in [0.2, 0.25) is 0 Å². The number of hydrogen-bond acceptors (Lipinski definition) is 3. The second kappa shape index (κ2) is 6.87. The smallest absolute Gasteiger partial charge is 0.337 e. The summed E-state index contributed by atoms with van der Waals surface area (Å²) in [4.78, 5) is 26.1. The highest BCUT2D eigenvalue weighted by molar-refractivity contribution is 5.96. The Morgan fingerprint density at radius 1 is 1.04 bits per heavy atom. The molecule has 0 N–H and O–H groups in total. The van der Waals surface area contributed by atoms with Crippen LogP contribution in [0.1, 0.15) is 50.7 Å². The molecular weight excluding hydrogens is 302 g/mol. The molecule has 1 atom stereocenters. The largest absolute Gasteiger partial charge is 0.465 e. The summed E-state index contributed by atoms with van der Waals surface area (Å²) in [6.45, 7) is 0. The first-order valence-electron chi connectivity index (χ1n) is 8.15. The maximum Gasteiger partial charge on any atom is 0.337 e. The Balaban J connectivity index is 1.82. The van der Waals surface area contributed by atoms with E-state index in [2.05, 4.69) is 22.9 Å². The third-order valence-corrected chi connectivity index (χ3v) is 4.68. The first-order chi connectivity index (χ1) is 11.6. The van der Waals surface area contributed by atoms with Crippen molar-refractivity contribution in [2.45, 2.75) is 25.3 Å². The maximum absolute atomic E-state index is 12.8. The van der Waals surface area contributed by atoms with Crippen LogP contribution < -0.4 is 0 Å². The normalized spacial score (nSPS) is 16.2. The van der Waals surface area contributed by atoms with Crippen LogP contribution in [0, 0.1) is 0 Å². The van der Waals surface area contributed by atoms with Gasteiger partial charge in [0.15, 0.2) is 0 Å². The summed E-state index contributed by atoms with van der Waals surface area (Å²) < 4.78 is 4.68. The number of methoxy groups -OCH3 is 1. The number of esters is 1. The van der Waals surface area contributed by atoms with E-state index in [0.717, 1.165) is 19.3 Å². The number of fused-ring (bicyclic) bond motifs is 1. The van der Waals surface area contributed by atoms with Crippen molar-refractivity contribution in [3.63, 3.8) is 0 Å². The lowest BCUT2D eigenvalue weighted by Gasteiger charge is -2.33. The number of benzene rings is 2. The molecule has 1 aliphatic rings. The van der Waals surface area contributed by atoms with Crippen molar-refractivity contribution in [1.82, 2.24) is 4.90 Å². The molecule has 0 aliphatic heterocycles. The van der Waals surface area contributed by atoms with Gasteiger partial charge in [-0.05, 0) is 54.7 Å². The highest BCUT2D eigenvalue weighted by Crippen LogP contribution is 2.34. The number of rotatable bonds is 3. The van der Waals surface area contributed by atoms with Gasteiger partial charge in [-0.3, -0.25) is 4.79 Å². The van der Waals surface area contributed by atoms with Gasteiger partial charge in [-0.2, -0.15) is 0 Å². The number of carbonyl (C=O) groups is 2. The molecule has 24 heavy (non-hydrogen) atoms. The van der Waals surface area contributed by atoms with E-state index in [0.29, 0.717) is 11.1 Å². The quantitative estimate of drug-likeness (QED) is 0.811. The van der Waals surface area contributed by atoms with Crippen LogP contribution in [0.5, 0.6) is 0 Å². The third kappa shape index (κ3) is 3.04. The van der Waals surface area contributed by atoms with E-state index in [-0.39, 0.29) is 11.9 Å². The number of ether oxygens (including phenoxy) is 1. The van der Waals surface area contributed by atoms with Crippen molar-refractivity contribution < 1.29 is 14.3 Å². The molecule has 0 fully saturated rings. The standard InChI is InChI=1S/C20H21NO3/c1-21(18-9-5-7-14-6-3-4-8-17(14)18)19(22)15-10-12-16(13-11-15)20(23)24-2/h3-4,6,8,10-13,18H,5,7,9H2,1-2H3/t18-/m1/s1. The van der Waals surface area contributed by atoms with E-state index in [1.165, 1.54) is 18.2 Å². The van der Waals surface area contributed by atoms with Crippen molar-refractivity contribution in [3.8, 4) is 0 Å². The van der Waals surface area contributed by atoms with Crippen LogP contribution in [-0.4, -0.2) is 30.9 Å². The molecular formula is C20H21NO3. The molecule has 0 saturated heterocycles. The molecule has 2 aromatic rings. The molecule has 124 valence electrons. The van der Waals surface area contributed by atoms with Gasteiger partial charge in [0.2, 0.25) is 0 Å². The van der Waals surface area contributed by atoms with Crippen molar-refractivity contribution in [1.29, 1.82) is 0 Å². The average Bonchev–Trinajstić information content (AvgIpc) is 2.66. The van der Waals surface area contributed by atoms with Gasteiger partial charge in [0.05, 0.1) is 18.7 Å². The number of aryl methyl sites for hydroxylation is 1. The van der Waals surface area contributed by atoms with E-state index in [1.54, 1.807) is 24.3 Å². The first-order valence-corrected chi connectivity index (χ1v) is 8.15. The van der Waals surface area contributed by atoms with Gasteiger partial charge in [-0.25, -0.2) is 4.79 Å². The topological polar surface area (TPSA) is 46.6 Å². The van der Waals surface area contributed by atoms with Crippen LogP contribution in [0.25, 0.3) is 0 Å². The van der Waals surface area contributed by atoms with Gasteiger partial charge in [-0.15, -0.1) is 0 Å². The maximum atomic E-state index is 12.8. The van der Waals surface area contributed by atoms with Crippen LogP contribution in [0.15, 0.2) is 48.5 Å². The summed E-state index contributed by atoms with van der Waals surface area (Å²) in [5.41, 5.74) is 3.59. The Morgan fingerprint density at radius 2 is 1.71 bits per heavy atom. The molecule has 0 unspecified atom stereocenters. The molecule has 2 aromatic carbocycles. The summed E-state index contributed by atoms with van der Waals surface area (Å²) in [5, 5.41) is 0. The van der Waals surface area contributed by atoms with Crippen LogP contribution >= 0.6 is 0 Å². The van der Waals surface area contributed by atoms with Crippen molar-refractivity contribution in [2.24, 2.45) is 0 Å². The minimum Gasteiger partial charge on any atom is -0.465 e. The Morgan fingerprint density at radius 3 is 2.42 bits per heavy atom. The van der Waals surface area contributed by atoms with Crippen molar-refractivity contribution in [2.75, 3.05) is 14.2 Å². The molecule has 0 aromatic heterocycles. The number of nitrogens with zero attached hydrogens (tertiary/aromatic N) is 1. The van der Waals surface area contributed by atoms with Crippen LogP contribution in [0.3, 0.4) is 0 Å². The SMILES string of the molecule is COC(=O)c1ccc(C(=O)N(C)[C@@H]2CCCc3ccccc32)cc1. The fourth-order valence-electron chi connectivity index (χ4n) is 3.34. The average molecular weight is 323 g/mol. The Bertz CT molecular complexity index is 752. The minimum atomic E-state index is -0.399. The van der Waals surface area contributed by atoms with Gasteiger partial charge in [-0.1, -0.05) is 24.3 Å². The molecule has 1 amide bonds. The molecule has 4 nitrogen and oxygen atoms in total. The van der Waals surface area contributed by atoms with E-state index in [4.69, 9.17) is 0 Å². The summed E-state index contributed by atoms with van der Waals surface area (Å²) in [7, 11) is 3.19. The lowest BCUT2D eigenvalue weighted by Crippen LogP contribution is -2.33. The lowest BCUT2D eigenvalue weighted by atomic mass is 9.87. The Hall–Kier alpha value is -2.62. The fraction of sp³-hybridized carbons (Fsp3) is 0.300. The molecule has 4 heteroatoms. The van der Waals surface area contributed by atoms with Gasteiger partial charge in [0.25, 0.3) is 5.91 Å². The van der Waals surface area contributed by atoms with Gasteiger partial charge >= 0.3 is 5.97 Å². The zero-order valence-corrected chi connectivity index (χ0v) is 14.0. The summed E-state index contributed by atoms with van der Waals surface area (Å²) in [6.07, 6.45) is 3.13. The molecule has 3 rings (SSSR count). The van der Waals surface area contributed by atoms with Crippen LogP contribution in [0.4, 0.5) is 0 Å². The van der Waals surface area contributed by atoms with E-state index >= 15 is 0 Å². The van der Waals surface area contributed by atoms with Gasteiger partial charge in [0, 0.05) is 12.6 Å². The minimum absolute atomic E-state index is 0.0341. The molecule has 0 saturated carbocycles. The summed E-state index contributed by atoms with van der Waals surface area (Å²) in [5.74, 6) is -0.434. The predicted molar refractivity (Wildman–Crippen MR) is 92.0 cm³/mol. The second-order valence-corrected chi connectivity index (χ2v) is 6.09. The Labute approximate surface area is 142 Å². The highest BCUT2D eigenvalue weighted by Gasteiger charge is 2.27. The molecule has 1 aliphatic carbocycles. The molecule has 0 heterocycles. The zero-order valence-electron chi connectivity index (χ0n) is 14.0. The van der Waals surface area contributed by atoms with E-state index in [1.807, 2.05) is 18.0 Å². The first kappa shape index (κ1) is 16.2. The monoisotopic (exact) mass is 323 g/mol. The number of amides is 1. The lowest BCUT2D eigenvalue weighted by molar-refractivity contribution is 0.0599. The summed E-state index contributed by atoms with van der Waals surface area (Å²) >= 11 is 0. The molecule has 0 bridgehead atoms. The third-order valence-electron chi connectivity index (χ3n) is 4.68. The van der Waals surface area contributed by atoms with Crippen molar-refractivity contribution >= 4 is 11.9 Å². The fourth-order valence-corrected chi connectivity index (χ4v) is 3.34. The van der Waals surface area contributed by atoms with Gasteiger partial charge in [0.1, 0.15) is 0 Å². The zero-order chi connectivity index (χ0) is 17.1. The summed E-state index contributed by atoms with van der Waals surface area (Å²) in [6, 6.07) is 15.1.